The van der Waals surface area contributed by atoms with Crippen LogP contribution in [0.5, 0.6) is 0 Å². The Labute approximate surface area is 164 Å². The molecule has 1 aliphatic heterocycles. The van der Waals surface area contributed by atoms with E-state index in [1.54, 1.807) is 12.3 Å². The van der Waals surface area contributed by atoms with Crippen LogP contribution in [0.2, 0.25) is 0 Å². The molecule has 1 saturated heterocycles. The van der Waals surface area contributed by atoms with Crippen molar-refractivity contribution in [2.24, 2.45) is 5.92 Å². The minimum Gasteiger partial charge on any atom is -0.317 e. The number of nitrogens with zero attached hydrogens (tertiary/aromatic N) is 3. The lowest BCUT2D eigenvalue weighted by molar-refractivity contribution is 0.330. The molecular formula is C23H22N4O. The van der Waals surface area contributed by atoms with Gasteiger partial charge in [-0.1, -0.05) is 24.3 Å². The van der Waals surface area contributed by atoms with Gasteiger partial charge in [0, 0.05) is 35.6 Å². The molecule has 2 aromatic heterocycles. The van der Waals surface area contributed by atoms with Gasteiger partial charge in [-0.3, -0.25) is 9.78 Å². The van der Waals surface area contributed by atoms with E-state index in [-0.39, 0.29) is 5.56 Å². The maximum absolute atomic E-state index is 13.3. The average molecular weight is 370 g/mol. The van der Waals surface area contributed by atoms with Crippen molar-refractivity contribution in [3.05, 3.63) is 76.8 Å². The highest BCUT2D eigenvalue weighted by atomic mass is 16.1. The third-order valence-electron chi connectivity index (χ3n) is 5.30. The van der Waals surface area contributed by atoms with Gasteiger partial charge in [-0.25, -0.2) is 0 Å². The average Bonchev–Trinajstić information content (AvgIpc) is 2.76. The number of rotatable bonds is 4. The van der Waals surface area contributed by atoms with Gasteiger partial charge in [0.15, 0.2) is 0 Å². The van der Waals surface area contributed by atoms with Crippen molar-refractivity contribution in [2.75, 3.05) is 13.1 Å². The maximum atomic E-state index is 13.3. The van der Waals surface area contributed by atoms with Crippen LogP contribution in [0, 0.1) is 17.2 Å². The van der Waals surface area contributed by atoms with E-state index in [9.17, 15) is 10.1 Å². The second kappa shape index (κ2) is 8.20. The van der Waals surface area contributed by atoms with Crippen molar-refractivity contribution in [3.8, 4) is 28.5 Å². The zero-order chi connectivity index (χ0) is 19.3. The fraction of sp³-hybridized carbons (Fsp3) is 0.261. The summed E-state index contributed by atoms with van der Waals surface area (Å²) < 4.78 is 1.81. The zero-order valence-corrected chi connectivity index (χ0v) is 15.6. The van der Waals surface area contributed by atoms with Crippen molar-refractivity contribution < 1.29 is 0 Å². The first-order valence-electron chi connectivity index (χ1n) is 9.62. The predicted molar refractivity (Wildman–Crippen MR) is 110 cm³/mol. The summed E-state index contributed by atoms with van der Waals surface area (Å²) >= 11 is 0. The molecule has 1 N–H and O–H groups in total. The standard InChI is InChI=1S/C23H22N4O/c24-14-18-5-1-2-6-20(18)21-13-19(22-7-3-4-10-26-22)16-27(23(21)28)15-17-8-11-25-12-9-17/h1-7,10,13,16-17,25H,8-9,11-12,15H2. The van der Waals surface area contributed by atoms with Crippen molar-refractivity contribution in [3.63, 3.8) is 0 Å². The molecule has 0 aliphatic carbocycles. The minimum absolute atomic E-state index is 0.0547. The largest absolute Gasteiger partial charge is 0.317 e. The van der Waals surface area contributed by atoms with Gasteiger partial charge in [0.1, 0.15) is 0 Å². The van der Waals surface area contributed by atoms with Gasteiger partial charge in [-0.2, -0.15) is 5.26 Å². The Hall–Kier alpha value is -3.23. The van der Waals surface area contributed by atoms with E-state index in [1.165, 1.54) is 0 Å². The summed E-state index contributed by atoms with van der Waals surface area (Å²) in [5.41, 5.74) is 3.38. The third-order valence-corrected chi connectivity index (χ3v) is 5.30. The van der Waals surface area contributed by atoms with Crippen molar-refractivity contribution in [1.29, 1.82) is 5.26 Å². The summed E-state index contributed by atoms with van der Waals surface area (Å²) in [7, 11) is 0. The normalized spacial score (nSPS) is 14.5. The molecule has 3 aromatic rings. The molecule has 3 heterocycles. The van der Waals surface area contributed by atoms with E-state index in [1.807, 2.05) is 53.2 Å². The van der Waals surface area contributed by atoms with Crippen LogP contribution >= 0.6 is 0 Å². The number of pyridine rings is 2. The fourth-order valence-corrected chi connectivity index (χ4v) is 3.80. The van der Waals surface area contributed by atoms with Gasteiger partial charge >= 0.3 is 0 Å². The molecule has 1 fully saturated rings. The molecule has 4 rings (SSSR count). The Morgan fingerprint density at radius 3 is 2.64 bits per heavy atom. The topological polar surface area (TPSA) is 70.7 Å². The molecule has 5 nitrogen and oxygen atoms in total. The highest BCUT2D eigenvalue weighted by molar-refractivity contribution is 5.74. The first kappa shape index (κ1) is 18.1. The number of nitrogens with one attached hydrogen (secondary N) is 1. The number of benzene rings is 1. The lowest BCUT2D eigenvalue weighted by atomic mass is 9.96. The van der Waals surface area contributed by atoms with E-state index in [0.29, 0.717) is 29.2 Å². The molecule has 1 aromatic carbocycles. The second-order valence-electron chi connectivity index (χ2n) is 7.17. The summed E-state index contributed by atoms with van der Waals surface area (Å²) in [6.07, 6.45) is 5.78. The molecule has 0 atom stereocenters. The molecule has 0 unspecified atom stereocenters. The van der Waals surface area contributed by atoms with Crippen LogP contribution in [0.1, 0.15) is 18.4 Å². The van der Waals surface area contributed by atoms with Crippen LogP contribution in [0.15, 0.2) is 65.7 Å². The van der Waals surface area contributed by atoms with Crippen LogP contribution in [0.3, 0.4) is 0 Å². The Morgan fingerprint density at radius 2 is 1.89 bits per heavy atom. The quantitative estimate of drug-likeness (QED) is 0.764. The van der Waals surface area contributed by atoms with Crippen LogP contribution < -0.4 is 10.9 Å². The fourth-order valence-electron chi connectivity index (χ4n) is 3.80. The summed E-state index contributed by atoms with van der Waals surface area (Å²) in [6.45, 7) is 2.66. The molecule has 1 aliphatic rings. The Bertz CT molecular complexity index is 1060. The highest BCUT2D eigenvalue weighted by Gasteiger charge is 2.18. The summed E-state index contributed by atoms with van der Waals surface area (Å²) in [4.78, 5) is 17.8. The van der Waals surface area contributed by atoms with Gasteiger partial charge in [0.25, 0.3) is 5.56 Å². The zero-order valence-electron chi connectivity index (χ0n) is 15.6. The molecule has 5 heteroatoms. The third kappa shape index (κ3) is 3.73. The van der Waals surface area contributed by atoms with Gasteiger partial charge in [-0.15, -0.1) is 0 Å². The molecule has 0 saturated carbocycles. The monoisotopic (exact) mass is 370 g/mol. The Kier molecular flexibility index (Phi) is 5.31. The number of piperidine rings is 1. The molecule has 28 heavy (non-hydrogen) atoms. The molecular weight excluding hydrogens is 348 g/mol. The van der Waals surface area contributed by atoms with Crippen molar-refractivity contribution in [2.45, 2.75) is 19.4 Å². The summed E-state index contributed by atoms with van der Waals surface area (Å²) in [5.74, 6) is 0.469. The van der Waals surface area contributed by atoms with Crippen LogP contribution in [-0.2, 0) is 6.54 Å². The van der Waals surface area contributed by atoms with Crippen molar-refractivity contribution in [1.82, 2.24) is 14.9 Å². The first-order chi connectivity index (χ1) is 13.8. The maximum Gasteiger partial charge on any atom is 0.258 e. The molecule has 0 radical (unpaired) electrons. The Balaban J connectivity index is 1.86. The smallest absolute Gasteiger partial charge is 0.258 e. The number of hydrogen-bond acceptors (Lipinski definition) is 4. The number of hydrogen-bond donors (Lipinski definition) is 1. The predicted octanol–water partition coefficient (Wildman–Crippen LogP) is 3.45. The van der Waals surface area contributed by atoms with Gasteiger partial charge in [-0.05, 0) is 56.1 Å². The lowest BCUT2D eigenvalue weighted by Gasteiger charge is -2.24. The van der Waals surface area contributed by atoms with Crippen LogP contribution in [0.25, 0.3) is 22.4 Å². The number of nitriles is 1. The lowest BCUT2D eigenvalue weighted by Crippen LogP contribution is -2.33. The van der Waals surface area contributed by atoms with E-state index in [2.05, 4.69) is 16.4 Å². The summed E-state index contributed by atoms with van der Waals surface area (Å²) in [5, 5.41) is 12.9. The van der Waals surface area contributed by atoms with Gasteiger partial charge in [0.2, 0.25) is 0 Å². The molecule has 0 amide bonds. The molecule has 0 spiro atoms. The van der Waals surface area contributed by atoms with Gasteiger partial charge in [0.05, 0.1) is 17.3 Å². The summed E-state index contributed by atoms with van der Waals surface area (Å²) in [6, 6.07) is 17.1. The van der Waals surface area contributed by atoms with Crippen molar-refractivity contribution >= 4 is 0 Å². The SMILES string of the molecule is N#Cc1ccccc1-c1cc(-c2ccccn2)cn(CC2CCNCC2)c1=O. The first-order valence-corrected chi connectivity index (χ1v) is 9.62. The Morgan fingerprint density at radius 1 is 1.11 bits per heavy atom. The van der Waals surface area contributed by atoms with E-state index in [0.717, 1.165) is 37.2 Å². The highest BCUT2D eigenvalue weighted by Crippen LogP contribution is 2.25. The second-order valence-corrected chi connectivity index (χ2v) is 7.17. The van der Waals surface area contributed by atoms with E-state index in [4.69, 9.17) is 0 Å². The minimum atomic E-state index is -0.0547. The van der Waals surface area contributed by atoms with Crippen LogP contribution in [0.4, 0.5) is 0 Å². The van der Waals surface area contributed by atoms with E-state index < -0.39 is 0 Å². The molecule has 140 valence electrons. The van der Waals surface area contributed by atoms with Crippen LogP contribution in [-0.4, -0.2) is 22.6 Å². The molecule has 0 bridgehead atoms. The van der Waals surface area contributed by atoms with Gasteiger partial charge < -0.3 is 9.88 Å². The van der Waals surface area contributed by atoms with E-state index >= 15 is 0 Å². The number of aromatic nitrogens is 2.